The minimum atomic E-state index is -0.226. The van der Waals surface area contributed by atoms with Crippen molar-refractivity contribution < 1.29 is 4.39 Å². The molecule has 3 nitrogen and oxygen atoms in total. The molecular weight excluding hydrogens is 265 g/mol. The molecule has 2 aromatic carbocycles. The number of rotatable bonds is 3. The van der Waals surface area contributed by atoms with E-state index < -0.39 is 0 Å². The SMILES string of the molecule is Cc1cccc(CC2=NC(c3ccccc3F)CN2N)c1. The molecule has 1 atom stereocenters. The molecule has 1 aliphatic rings. The minimum absolute atomic E-state index is 0.226. The van der Waals surface area contributed by atoms with Gasteiger partial charge in [-0.2, -0.15) is 0 Å². The Morgan fingerprint density at radius 1 is 1.24 bits per heavy atom. The number of hydrogen-bond acceptors (Lipinski definition) is 3. The second-order valence-electron chi connectivity index (χ2n) is 5.40. The van der Waals surface area contributed by atoms with Crippen LogP contribution < -0.4 is 5.84 Å². The van der Waals surface area contributed by atoms with Crippen molar-refractivity contribution in [1.82, 2.24) is 5.01 Å². The van der Waals surface area contributed by atoms with Gasteiger partial charge in [-0.3, -0.25) is 10.0 Å². The van der Waals surface area contributed by atoms with E-state index in [-0.39, 0.29) is 11.9 Å². The molecule has 0 saturated carbocycles. The number of aryl methyl sites for hydroxylation is 1. The summed E-state index contributed by atoms with van der Waals surface area (Å²) in [6.45, 7) is 2.57. The van der Waals surface area contributed by atoms with Gasteiger partial charge in [-0.05, 0) is 18.6 Å². The van der Waals surface area contributed by atoms with Crippen molar-refractivity contribution in [2.75, 3.05) is 6.54 Å². The Hall–Kier alpha value is -2.20. The van der Waals surface area contributed by atoms with Crippen LogP contribution in [0.1, 0.15) is 22.7 Å². The van der Waals surface area contributed by atoms with Gasteiger partial charge in [0, 0.05) is 12.0 Å². The first-order chi connectivity index (χ1) is 10.1. The van der Waals surface area contributed by atoms with Gasteiger partial charge in [0.2, 0.25) is 0 Å². The van der Waals surface area contributed by atoms with Gasteiger partial charge in [0.25, 0.3) is 0 Å². The van der Waals surface area contributed by atoms with Crippen LogP contribution in [-0.4, -0.2) is 17.4 Å². The summed E-state index contributed by atoms with van der Waals surface area (Å²) in [5, 5.41) is 1.62. The zero-order valence-corrected chi connectivity index (χ0v) is 12.0. The number of aliphatic imine (C=N–C) groups is 1. The van der Waals surface area contributed by atoms with Gasteiger partial charge in [-0.1, -0.05) is 48.0 Å². The van der Waals surface area contributed by atoms with E-state index in [9.17, 15) is 4.39 Å². The largest absolute Gasteiger partial charge is 0.296 e. The summed E-state index contributed by atoms with van der Waals surface area (Å²) < 4.78 is 13.8. The quantitative estimate of drug-likeness (QED) is 0.880. The van der Waals surface area contributed by atoms with Crippen molar-refractivity contribution in [3.05, 3.63) is 71.0 Å². The molecule has 0 radical (unpaired) electrons. The minimum Gasteiger partial charge on any atom is -0.296 e. The van der Waals surface area contributed by atoms with E-state index in [1.54, 1.807) is 17.1 Å². The molecule has 0 amide bonds. The Morgan fingerprint density at radius 3 is 2.81 bits per heavy atom. The maximum Gasteiger partial charge on any atom is 0.128 e. The standard InChI is InChI=1S/C17H18FN3/c1-12-5-4-6-13(9-12)10-17-20-16(11-21(17)19)14-7-2-3-8-15(14)18/h2-9,16H,10-11,19H2,1H3. The van der Waals surface area contributed by atoms with Crippen LogP contribution in [0.15, 0.2) is 53.5 Å². The van der Waals surface area contributed by atoms with E-state index in [1.165, 1.54) is 17.2 Å². The van der Waals surface area contributed by atoms with Crippen molar-refractivity contribution >= 4 is 5.84 Å². The maximum atomic E-state index is 13.8. The fourth-order valence-electron chi connectivity index (χ4n) is 2.65. The molecule has 108 valence electrons. The Bertz CT molecular complexity index is 681. The van der Waals surface area contributed by atoms with Crippen LogP contribution in [0.4, 0.5) is 4.39 Å². The molecule has 0 aromatic heterocycles. The van der Waals surface area contributed by atoms with Gasteiger partial charge in [0.1, 0.15) is 11.7 Å². The molecule has 2 N–H and O–H groups in total. The van der Waals surface area contributed by atoms with Crippen LogP contribution in [0.25, 0.3) is 0 Å². The summed E-state index contributed by atoms with van der Waals surface area (Å²) >= 11 is 0. The summed E-state index contributed by atoms with van der Waals surface area (Å²) in [6, 6.07) is 14.8. The van der Waals surface area contributed by atoms with Gasteiger partial charge in [-0.25, -0.2) is 10.2 Å². The van der Waals surface area contributed by atoms with Crippen molar-refractivity contribution in [2.24, 2.45) is 10.8 Å². The molecule has 1 heterocycles. The van der Waals surface area contributed by atoms with E-state index in [0.717, 1.165) is 5.84 Å². The average molecular weight is 283 g/mol. The van der Waals surface area contributed by atoms with Gasteiger partial charge in [-0.15, -0.1) is 0 Å². The van der Waals surface area contributed by atoms with E-state index in [2.05, 4.69) is 30.1 Å². The van der Waals surface area contributed by atoms with Crippen molar-refractivity contribution in [3.8, 4) is 0 Å². The highest BCUT2D eigenvalue weighted by Crippen LogP contribution is 2.26. The molecule has 3 rings (SSSR count). The van der Waals surface area contributed by atoms with Crippen LogP contribution in [0, 0.1) is 12.7 Å². The number of nitrogens with zero attached hydrogens (tertiary/aromatic N) is 2. The number of hydrazine groups is 1. The molecule has 1 unspecified atom stereocenters. The van der Waals surface area contributed by atoms with Crippen LogP contribution in [-0.2, 0) is 6.42 Å². The normalized spacial score (nSPS) is 18.0. The Balaban J connectivity index is 1.83. The predicted octanol–water partition coefficient (Wildman–Crippen LogP) is 3.01. The number of benzene rings is 2. The molecule has 2 aromatic rings. The van der Waals surface area contributed by atoms with Crippen LogP contribution in [0.5, 0.6) is 0 Å². The van der Waals surface area contributed by atoms with Gasteiger partial charge in [0.05, 0.1) is 12.6 Å². The Kier molecular flexibility index (Phi) is 3.71. The van der Waals surface area contributed by atoms with Crippen molar-refractivity contribution in [2.45, 2.75) is 19.4 Å². The third-order valence-electron chi connectivity index (χ3n) is 3.71. The summed E-state index contributed by atoms with van der Waals surface area (Å²) in [5.74, 6) is 6.60. The zero-order chi connectivity index (χ0) is 14.8. The van der Waals surface area contributed by atoms with E-state index in [1.807, 2.05) is 12.1 Å². The lowest BCUT2D eigenvalue weighted by Crippen LogP contribution is -2.35. The zero-order valence-electron chi connectivity index (χ0n) is 12.0. The highest BCUT2D eigenvalue weighted by Gasteiger charge is 2.26. The van der Waals surface area contributed by atoms with Gasteiger partial charge in [0.15, 0.2) is 0 Å². The highest BCUT2D eigenvalue weighted by atomic mass is 19.1. The Morgan fingerprint density at radius 2 is 2.05 bits per heavy atom. The molecule has 21 heavy (non-hydrogen) atoms. The predicted molar refractivity (Wildman–Crippen MR) is 82.4 cm³/mol. The van der Waals surface area contributed by atoms with Crippen LogP contribution in [0.3, 0.4) is 0 Å². The lowest BCUT2D eigenvalue weighted by molar-refractivity contribution is 0.436. The highest BCUT2D eigenvalue weighted by molar-refractivity contribution is 5.85. The lowest BCUT2D eigenvalue weighted by Gasteiger charge is -2.14. The average Bonchev–Trinajstić information content (AvgIpc) is 2.80. The van der Waals surface area contributed by atoms with Crippen LogP contribution >= 0.6 is 0 Å². The van der Waals surface area contributed by atoms with E-state index in [4.69, 9.17) is 5.84 Å². The second-order valence-corrected chi connectivity index (χ2v) is 5.40. The monoisotopic (exact) mass is 283 g/mol. The molecule has 0 saturated heterocycles. The first kappa shape index (κ1) is 13.8. The molecule has 0 aliphatic carbocycles. The topological polar surface area (TPSA) is 41.6 Å². The molecule has 1 aliphatic heterocycles. The summed E-state index contributed by atoms with van der Waals surface area (Å²) in [7, 11) is 0. The van der Waals surface area contributed by atoms with Crippen LogP contribution in [0.2, 0.25) is 0 Å². The van der Waals surface area contributed by atoms with Gasteiger partial charge < -0.3 is 0 Å². The molecular formula is C17H18FN3. The summed E-state index contributed by atoms with van der Waals surface area (Å²) in [6.07, 6.45) is 0.670. The number of halogens is 1. The fourth-order valence-corrected chi connectivity index (χ4v) is 2.65. The van der Waals surface area contributed by atoms with Gasteiger partial charge >= 0.3 is 0 Å². The number of hydrogen-bond donors (Lipinski definition) is 1. The summed E-state index contributed by atoms with van der Waals surface area (Å²) in [5.41, 5.74) is 2.98. The van der Waals surface area contributed by atoms with E-state index in [0.29, 0.717) is 18.5 Å². The molecule has 0 spiro atoms. The third-order valence-corrected chi connectivity index (χ3v) is 3.71. The number of amidine groups is 1. The first-order valence-electron chi connectivity index (χ1n) is 7.02. The molecule has 4 heteroatoms. The third kappa shape index (κ3) is 2.95. The fraction of sp³-hybridized carbons (Fsp3) is 0.235. The van der Waals surface area contributed by atoms with Crippen molar-refractivity contribution in [1.29, 1.82) is 0 Å². The van der Waals surface area contributed by atoms with Crippen molar-refractivity contribution in [3.63, 3.8) is 0 Å². The maximum absolute atomic E-state index is 13.8. The molecule has 0 fully saturated rings. The Labute approximate surface area is 123 Å². The lowest BCUT2D eigenvalue weighted by atomic mass is 10.1. The smallest absolute Gasteiger partial charge is 0.128 e. The molecule has 0 bridgehead atoms. The number of nitrogens with two attached hydrogens (primary N) is 1. The first-order valence-corrected chi connectivity index (χ1v) is 7.02. The summed E-state index contributed by atoms with van der Waals surface area (Å²) in [4.78, 5) is 4.60. The second kappa shape index (κ2) is 5.66. The van der Waals surface area contributed by atoms with E-state index >= 15 is 0 Å².